The fraction of sp³-hybridized carbons (Fsp3) is 0.833. The van der Waals surface area contributed by atoms with Gasteiger partial charge in [0, 0.05) is 13.2 Å². The van der Waals surface area contributed by atoms with Crippen molar-refractivity contribution in [1.29, 1.82) is 0 Å². The second-order valence-electron chi connectivity index (χ2n) is 4.28. The van der Waals surface area contributed by atoms with Gasteiger partial charge in [-0.2, -0.15) is 0 Å². The maximum absolute atomic E-state index is 12.0. The summed E-state index contributed by atoms with van der Waals surface area (Å²) in [6.07, 6.45) is 1.16. The number of amides is 1. The van der Waals surface area contributed by atoms with Gasteiger partial charge in [-0.25, -0.2) is 0 Å². The average Bonchev–Trinajstić information content (AvgIpc) is 2.34. The molecule has 0 aliphatic carbocycles. The predicted octanol–water partition coefficient (Wildman–Crippen LogP) is 0.505. The molecule has 1 amide bonds. The van der Waals surface area contributed by atoms with Crippen LogP contribution in [0.5, 0.6) is 0 Å². The number of hydrogen-bond acceptors (Lipinski definition) is 4. The van der Waals surface area contributed by atoms with E-state index in [1.807, 2.05) is 6.92 Å². The topological polar surface area (TPSA) is 76.1 Å². The third-order valence-electron chi connectivity index (χ3n) is 2.77. The van der Waals surface area contributed by atoms with Crippen molar-refractivity contribution in [3.8, 4) is 0 Å². The summed E-state index contributed by atoms with van der Waals surface area (Å²) in [4.78, 5) is 24.3. The van der Waals surface area contributed by atoms with E-state index in [0.717, 1.165) is 6.42 Å². The van der Waals surface area contributed by atoms with Crippen LogP contribution in [0, 0.1) is 0 Å². The van der Waals surface area contributed by atoms with Crippen LogP contribution in [0.15, 0.2) is 0 Å². The molecule has 1 heterocycles. The van der Waals surface area contributed by atoms with Crippen molar-refractivity contribution in [2.24, 2.45) is 0 Å². The van der Waals surface area contributed by atoms with Crippen molar-refractivity contribution in [2.45, 2.75) is 32.2 Å². The van der Waals surface area contributed by atoms with Gasteiger partial charge in [0.2, 0.25) is 5.91 Å². The molecule has 0 bridgehead atoms. The van der Waals surface area contributed by atoms with E-state index in [1.165, 1.54) is 0 Å². The van der Waals surface area contributed by atoms with Crippen LogP contribution in [-0.4, -0.2) is 60.9 Å². The van der Waals surface area contributed by atoms with Crippen LogP contribution >= 0.6 is 0 Å². The van der Waals surface area contributed by atoms with Crippen molar-refractivity contribution in [3.05, 3.63) is 0 Å². The first-order chi connectivity index (χ1) is 8.65. The number of morpholine rings is 1. The maximum Gasteiger partial charge on any atom is 0.305 e. The van der Waals surface area contributed by atoms with E-state index in [1.54, 1.807) is 4.90 Å². The largest absolute Gasteiger partial charge is 0.481 e. The van der Waals surface area contributed by atoms with Crippen LogP contribution in [-0.2, 0) is 19.1 Å². The van der Waals surface area contributed by atoms with Crippen LogP contribution in [0.25, 0.3) is 0 Å². The Balaban J connectivity index is 2.39. The second kappa shape index (κ2) is 8.05. The summed E-state index contributed by atoms with van der Waals surface area (Å²) in [6, 6.07) is -0.352. The molecule has 0 radical (unpaired) electrons. The number of rotatable bonds is 7. The quantitative estimate of drug-likeness (QED) is 0.674. The first-order valence-electron chi connectivity index (χ1n) is 6.32. The summed E-state index contributed by atoms with van der Waals surface area (Å²) >= 11 is 0. The normalized spacial score (nSPS) is 19.8. The number of aliphatic carboxylic acids is 1. The maximum atomic E-state index is 12.0. The molecule has 0 saturated carbocycles. The van der Waals surface area contributed by atoms with Crippen molar-refractivity contribution in [1.82, 2.24) is 4.90 Å². The van der Waals surface area contributed by atoms with E-state index in [-0.39, 0.29) is 18.4 Å². The molecule has 0 aromatic heterocycles. The monoisotopic (exact) mass is 259 g/mol. The molecule has 1 rings (SSSR count). The molecule has 0 spiro atoms. The van der Waals surface area contributed by atoms with Crippen molar-refractivity contribution in [3.63, 3.8) is 0 Å². The number of carbonyl (C=O) groups is 2. The third kappa shape index (κ3) is 5.01. The highest BCUT2D eigenvalue weighted by Gasteiger charge is 2.28. The van der Waals surface area contributed by atoms with E-state index < -0.39 is 5.97 Å². The summed E-state index contributed by atoms with van der Waals surface area (Å²) in [7, 11) is 0. The van der Waals surface area contributed by atoms with Crippen LogP contribution in [0.2, 0.25) is 0 Å². The van der Waals surface area contributed by atoms with Gasteiger partial charge in [0.05, 0.1) is 38.7 Å². The van der Waals surface area contributed by atoms with E-state index in [2.05, 4.69) is 0 Å². The lowest BCUT2D eigenvalue weighted by molar-refractivity contribution is -0.146. The average molecular weight is 259 g/mol. The molecule has 1 aliphatic rings. The summed E-state index contributed by atoms with van der Waals surface area (Å²) in [5.74, 6) is -0.966. The van der Waals surface area contributed by atoms with Crippen molar-refractivity contribution in [2.75, 3.05) is 33.0 Å². The van der Waals surface area contributed by atoms with E-state index >= 15 is 0 Å². The Kier molecular flexibility index (Phi) is 6.67. The van der Waals surface area contributed by atoms with Crippen molar-refractivity contribution >= 4 is 11.9 Å². The zero-order valence-corrected chi connectivity index (χ0v) is 10.8. The van der Waals surface area contributed by atoms with Gasteiger partial charge in [-0.1, -0.05) is 6.92 Å². The Morgan fingerprint density at radius 3 is 2.89 bits per heavy atom. The Labute approximate surface area is 107 Å². The highest BCUT2D eigenvalue weighted by atomic mass is 16.5. The van der Waals surface area contributed by atoms with Crippen molar-refractivity contribution < 1.29 is 24.2 Å². The molecule has 1 aliphatic heterocycles. The van der Waals surface area contributed by atoms with Gasteiger partial charge in [-0.15, -0.1) is 0 Å². The minimum atomic E-state index is -0.912. The predicted molar refractivity (Wildman–Crippen MR) is 64.3 cm³/mol. The van der Waals surface area contributed by atoms with Crippen LogP contribution in [0.1, 0.15) is 26.2 Å². The lowest BCUT2D eigenvalue weighted by Crippen LogP contribution is -2.49. The number of ether oxygens (including phenoxy) is 2. The molecular formula is C12H21NO5. The van der Waals surface area contributed by atoms with Gasteiger partial charge in [0.15, 0.2) is 0 Å². The molecule has 1 atom stereocenters. The fourth-order valence-electron chi connectivity index (χ4n) is 1.90. The second-order valence-corrected chi connectivity index (χ2v) is 4.28. The Morgan fingerprint density at radius 1 is 1.44 bits per heavy atom. The fourth-order valence-corrected chi connectivity index (χ4v) is 1.90. The zero-order chi connectivity index (χ0) is 13.4. The number of carboxylic acids is 1. The first-order valence-corrected chi connectivity index (χ1v) is 6.32. The lowest BCUT2D eigenvalue weighted by atomic mass is 10.1. The molecule has 1 unspecified atom stereocenters. The smallest absolute Gasteiger partial charge is 0.305 e. The minimum Gasteiger partial charge on any atom is -0.481 e. The molecule has 1 N–H and O–H groups in total. The summed E-state index contributed by atoms with van der Waals surface area (Å²) in [6.45, 7) is 4.28. The standard InChI is InChI=1S/C12H21NO5/c1-2-5-17-6-3-11(14)13-4-7-18-9-10(13)8-12(15)16/h10H,2-9H2,1H3,(H,15,16). The highest BCUT2D eigenvalue weighted by molar-refractivity contribution is 5.77. The van der Waals surface area contributed by atoms with E-state index in [0.29, 0.717) is 39.4 Å². The highest BCUT2D eigenvalue weighted by Crippen LogP contribution is 2.12. The molecule has 1 fully saturated rings. The minimum absolute atomic E-state index is 0.0550. The van der Waals surface area contributed by atoms with E-state index in [9.17, 15) is 9.59 Å². The summed E-state index contributed by atoms with van der Waals surface area (Å²) < 4.78 is 10.5. The van der Waals surface area contributed by atoms with Crippen LogP contribution < -0.4 is 0 Å². The number of carbonyl (C=O) groups excluding carboxylic acids is 1. The molecule has 18 heavy (non-hydrogen) atoms. The summed E-state index contributed by atoms with van der Waals surface area (Å²) in [5.41, 5.74) is 0. The Morgan fingerprint density at radius 2 is 2.22 bits per heavy atom. The van der Waals surface area contributed by atoms with Gasteiger partial charge in [-0.05, 0) is 6.42 Å². The van der Waals surface area contributed by atoms with Gasteiger partial charge < -0.3 is 19.5 Å². The Hall–Kier alpha value is -1.14. The van der Waals surface area contributed by atoms with Gasteiger partial charge >= 0.3 is 5.97 Å². The summed E-state index contributed by atoms with van der Waals surface area (Å²) in [5, 5.41) is 8.79. The molecule has 104 valence electrons. The molecule has 0 aromatic rings. The number of nitrogens with zero attached hydrogens (tertiary/aromatic N) is 1. The van der Waals surface area contributed by atoms with Gasteiger partial charge in [0.25, 0.3) is 0 Å². The number of carboxylic acid groups (broad SMARTS) is 1. The zero-order valence-electron chi connectivity index (χ0n) is 10.8. The first kappa shape index (κ1) is 14.9. The number of hydrogen-bond donors (Lipinski definition) is 1. The lowest BCUT2D eigenvalue weighted by Gasteiger charge is -2.34. The third-order valence-corrected chi connectivity index (χ3v) is 2.77. The molecule has 6 nitrogen and oxygen atoms in total. The van der Waals surface area contributed by atoms with Gasteiger partial charge in [-0.3, -0.25) is 9.59 Å². The molecule has 6 heteroatoms. The molecule has 1 saturated heterocycles. The Bertz CT molecular complexity index is 282. The molecule has 0 aromatic carbocycles. The van der Waals surface area contributed by atoms with Crippen LogP contribution in [0.3, 0.4) is 0 Å². The van der Waals surface area contributed by atoms with Crippen LogP contribution in [0.4, 0.5) is 0 Å². The SMILES string of the molecule is CCCOCCC(=O)N1CCOCC1CC(=O)O. The van der Waals surface area contributed by atoms with Gasteiger partial charge in [0.1, 0.15) is 0 Å². The van der Waals surface area contributed by atoms with E-state index in [4.69, 9.17) is 14.6 Å². The molecular weight excluding hydrogens is 238 g/mol.